The fourth-order valence-corrected chi connectivity index (χ4v) is 9.41. The Bertz CT molecular complexity index is 1200. The van der Waals surface area contributed by atoms with Crippen molar-refractivity contribution in [3.63, 3.8) is 0 Å². The third kappa shape index (κ3) is 3.33. The average molecular weight is 435 g/mol. The van der Waals surface area contributed by atoms with E-state index in [0.29, 0.717) is 5.66 Å². The summed E-state index contributed by atoms with van der Waals surface area (Å²) in [5, 5.41) is 3.11. The molecule has 5 rings (SSSR count). The van der Waals surface area contributed by atoms with Crippen molar-refractivity contribution in [3.05, 3.63) is 117 Å². The predicted octanol–water partition coefficient (Wildman–Crippen LogP) is 7.74. The molecule has 0 spiro atoms. The van der Waals surface area contributed by atoms with E-state index in [-0.39, 0.29) is 0 Å². The molecule has 0 nitrogen and oxygen atoms in total. The van der Waals surface area contributed by atoms with Crippen molar-refractivity contribution in [2.24, 2.45) is 0 Å². The number of hydrogen-bond donors (Lipinski definition) is 0. The van der Waals surface area contributed by atoms with Crippen LogP contribution in [-0.4, -0.2) is 0 Å². The van der Waals surface area contributed by atoms with Gasteiger partial charge in [0.1, 0.15) is 0 Å². The van der Waals surface area contributed by atoms with E-state index in [1.54, 1.807) is 10.6 Å². The van der Waals surface area contributed by atoms with Crippen molar-refractivity contribution < 1.29 is 0 Å². The molecular weight excluding hydrogens is 403 g/mol. The molecule has 0 aliphatic heterocycles. The molecule has 0 aromatic heterocycles. The summed E-state index contributed by atoms with van der Waals surface area (Å²) in [5.74, 6) is 0. The van der Waals surface area contributed by atoms with Gasteiger partial charge in [0.05, 0.1) is 0 Å². The van der Waals surface area contributed by atoms with Crippen LogP contribution in [0.25, 0.3) is 11.1 Å². The molecule has 0 unspecified atom stereocenters. The highest BCUT2D eigenvalue weighted by Crippen LogP contribution is 2.61. The third-order valence-corrected chi connectivity index (χ3v) is 10.3. The van der Waals surface area contributed by atoms with Crippen molar-refractivity contribution in [3.8, 4) is 11.1 Å². The summed E-state index contributed by atoms with van der Waals surface area (Å²) in [4.78, 5) is 0. The Morgan fingerprint density at radius 1 is 0.500 bits per heavy atom. The maximum Gasteiger partial charge on any atom is 0.0384 e. The van der Waals surface area contributed by atoms with Gasteiger partial charge in [-0.25, -0.2) is 0 Å². The Hall–Kier alpha value is -2.69. The van der Waals surface area contributed by atoms with Crippen molar-refractivity contribution in [2.75, 3.05) is 0 Å². The number of aryl methyl sites for hydroxylation is 6. The van der Waals surface area contributed by atoms with Gasteiger partial charge in [0.25, 0.3) is 0 Å². The Morgan fingerprint density at radius 2 is 0.844 bits per heavy atom. The Balaban J connectivity index is 1.88. The summed E-state index contributed by atoms with van der Waals surface area (Å²) < 4.78 is 0. The van der Waals surface area contributed by atoms with Gasteiger partial charge in [-0.05, 0) is 105 Å². The van der Waals surface area contributed by atoms with Crippen LogP contribution in [0.15, 0.2) is 72.8 Å². The summed E-state index contributed by atoms with van der Waals surface area (Å²) in [6.07, 6.45) is 0. The molecule has 160 valence electrons. The van der Waals surface area contributed by atoms with Crippen LogP contribution in [-0.2, 0) is 0 Å². The van der Waals surface area contributed by atoms with Gasteiger partial charge in [0, 0.05) is 5.66 Å². The summed E-state index contributed by atoms with van der Waals surface area (Å²) in [6, 6.07) is 27.7. The monoisotopic (exact) mass is 434 g/mol. The van der Waals surface area contributed by atoms with Crippen LogP contribution in [0.3, 0.4) is 0 Å². The van der Waals surface area contributed by atoms with Crippen LogP contribution >= 0.6 is 7.92 Å². The molecule has 1 aliphatic carbocycles. The van der Waals surface area contributed by atoms with Crippen molar-refractivity contribution >= 4 is 18.5 Å². The number of hydrogen-bond acceptors (Lipinski definition) is 0. The highest BCUT2D eigenvalue weighted by molar-refractivity contribution is 7.74. The minimum Gasteiger partial charge on any atom is -0.0619 e. The quantitative estimate of drug-likeness (QED) is 0.289. The lowest BCUT2D eigenvalue weighted by Crippen LogP contribution is -2.25. The highest BCUT2D eigenvalue weighted by Gasteiger charge is 2.38. The van der Waals surface area contributed by atoms with Crippen molar-refractivity contribution in [1.29, 1.82) is 0 Å². The van der Waals surface area contributed by atoms with Gasteiger partial charge in [-0.1, -0.05) is 83.9 Å². The zero-order chi connectivity index (χ0) is 22.6. The molecule has 32 heavy (non-hydrogen) atoms. The zero-order valence-electron chi connectivity index (χ0n) is 20.0. The van der Waals surface area contributed by atoms with Gasteiger partial charge in [-0.3, -0.25) is 0 Å². The first kappa shape index (κ1) is 21.2. The fraction of sp³-hybridized carbons (Fsp3) is 0.226. The molecule has 0 saturated carbocycles. The zero-order valence-corrected chi connectivity index (χ0v) is 20.8. The van der Waals surface area contributed by atoms with Gasteiger partial charge in [-0.15, -0.1) is 0 Å². The second-order valence-electron chi connectivity index (χ2n) is 9.44. The van der Waals surface area contributed by atoms with Crippen molar-refractivity contribution in [1.82, 2.24) is 0 Å². The molecule has 1 aliphatic rings. The normalized spacial score (nSPS) is 12.8. The maximum absolute atomic E-state index is 2.38. The summed E-state index contributed by atoms with van der Waals surface area (Å²) in [5.41, 5.74) is 14.6. The third-order valence-electron chi connectivity index (χ3n) is 6.81. The summed E-state index contributed by atoms with van der Waals surface area (Å²) in [6.45, 7) is 13.7. The number of rotatable bonds is 3. The van der Waals surface area contributed by atoms with Gasteiger partial charge >= 0.3 is 0 Å². The molecule has 0 fully saturated rings. The molecule has 0 saturated heterocycles. The molecule has 0 amide bonds. The standard InChI is InChI=1S/C31H31P/c1-19-15-21(3)29(22(4)16-19)32(30-23(5)17-20(2)18-24(30)6)31-27-13-9-7-11-25(27)26-12-8-10-14-28(26)31/h7-18,31H,1-6H3. The first-order valence-electron chi connectivity index (χ1n) is 11.5. The fourth-order valence-electron chi connectivity index (χ4n) is 5.88. The second-order valence-corrected chi connectivity index (χ2v) is 11.6. The van der Waals surface area contributed by atoms with E-state index < -0.39 is 7.92 Å². The molecule has 4 aromatic carbocycles. The molecule has 1 heteroatoms. The van der Waals surface area contributed by atoms with E-state index in [9.17, 15) is 0 Å². The van der Waals surface area contributed by atoms with Crippen LogP contribution in [0.2, 0.25) is 0 Å². The lowest BCUT2D eigenvalue weighted by molar-refractivity contribution is 1.20. The van der Waals surface area contributed by atoms with E-state index >= 15 is 0 Å². The van der Waals surface area contributed by atoms with Crippen LogP contribution < -0.4 is 10.6 Å². The number of fused-ring (bicyclic) bond motifs is 3. The van der Waals surface area contributed by atoms with Gasteiger partial charge in [-0.2, -0.15) is 0 Å². The van der Waals surface area contributed by atoms with Crippen LogP contribution in [0.5, 0.6) is 0 Å². The van der Waals surface area contributed by atoms with E-state index in [0.717, 1.165) is 0 Å². The number of benzene rings is 4. The van der Waals surface area contributed by atoms with Crippen LogP contribution in [0.1, 0.15) is 50.2 Å². The summed E-state index contributed by atoms with van der Waals surface area (Å²) in [7, 11) is -0.633. The first-order valence-corrected chi connectivity index (χ1v) is 12.9. The maximum atomic E-state index is 2.38. The predicted molar refractivity (Wildman–Crippen MR) is 141 cm³/mol. The highest BCUT2D eigenvalue weighted by atomic mass is 31.1. The molecule has 0 radical (unpaired) electrons. The molecule has 0 heterocycles. The Morgan fingerprint density at radius 3 is 1.22 bits per heavy atom. The Labute approximate surface area is 194 Å². The lowest BCUT2D eigenvalue weighted by atomic mass is 10.1. The molecular formula is C31H31P. The first-order chi connectivity index (χ1) is 15.4. The van der Waals surface area contributed by atoms with Crippen molar-refractivity contribution in [2.45, 2.75) is 47.2 Å². The van der Waals surface area contributed by atoms with Crippen LogP contribution in [0, 0.1) is 41.5 Å². The molecule has 0 atom stereocenters. The van der Waals surface area contributed by atoms with E-state index in [1.807, 2.05) is 0 Å². The van der Waals surface area contributed by atoms with Crippen LogP contribution in [0.4, 0.5) is 0 Å². The Kier molecular flexibility index (Phi) is 5.31. The van der Waals surface area contributed by atoms with Gasteiger partial charge < -0.3 is 0 Å². The minimum absolute atomic E-state index is 0.373. The molecule has 4 aromatic rings. The molecule has 0 bridgehead atoms. The van der Waals surface area contributed by atoms with Gasteiger partial charge in [0.15, 0.2) is 0 Å². The SMILES string of the molecule is Cc1cc(C)c(P(c2c(C)cc(C)cc2C)C2c3ccccc3-c3ccccc32)c(C)c1. The lowest BCUT2D eigenvalue weighted by Gasteiger charge is -2.32. The topological polar surface area (TPSA) is 0 Å². The minimum atomic E-state index is -0.633. The second kappa shape index (κ2) is 8.02. The molecule has 0 N–H and O–H groups in total. The largest absolute Gasteiger partial charge is 0.0619 e. The van der Waals surface area contributed by atoms with E-state index in [1.165, 1.54) is 55.6 Å². The van der Waals surface area contributed by atoms with Gasteiger partial charge in [0.2, 0.25) is 0 Å². The average Bonchev–Trinajstić information content (AvgIpc) is 3.05. The summed E-state index contributed by atoms with van der Waals surface area (Å²) >= 11 is 0. The van der Waals surface area contributed by atoms with E-state index in [4.69, 9.17) is 0 Å². The van der Waals surface area contributed by atoms with E-state index in [2.05, 4.69) is 114 Å². The smallest absolute Gasteiger partial charge is 0.0384 e.